The average Bonchev–Trinajstić information content (AvgIpc) is 2.66. The second-order valence-corrected chi connectivity index (χ2v) is 6.15. The lowest BCUT2D eigenvalue weighted by Gasteiger charge is -2.11. The first-order chi connectivity index (χ1) is 12.6. The summed E-state index contributed by atoms with van der Waals surface area (Å²) in [4.78, 5) is 21.1. The molecule has 0 aliphatic rings. The number of hydrogen-bond acceptors (Lipinski definition) is 4. The summed E-state index contributed by atoms with van der Waals surface area (Å²) in [5, 5.41) is 6.12. The fourth-order valence-electron chi connectivity index (χ4n) is 2.72. The standard InChI is InChI=1S/C21H22N4O/c1-15-7-6-8-16(2)19(15)25-20(26)18-12-14-23-21(24-18)22-13-11-17-9-4-3-5-10-17/h3-10,12,14H,11,13H2,1-2H3,(H,25,26)(H,22,23,24). The Bertz CT molecular complexity index is 873. The number of nitrogens with one attached hydrogen (secondary N) is 2. The minimum Gasteiger partial charge on any atom is -0.354 e. The number of aromatic nitrogens is 2. The number of rotatable bonds is 6. The van der Waals surface area contributed by atoms with E-state index in [4.69, 9.17) is 0 Å². The van der Waals surface area contributed by atoms with E-state index in [-0.39, 0.29) is 5.91 Å². The fourth-order valence-corrected chi connectivity index (χ4v) is 2.72. The Morgan fingerprint density at radius 3 is 2.42 bits per heavy atom. The number of carbonyl (C=O) groups excluding carboxylic acids is 1. The van der Waals surface area contributed by atoms with Crippen LogP contribution in [0.1, 0.15) is 27.2 Å². The average molecular weight is 346 g/mol. The summed E-state index contributed by atoms with van der Waals surface area (Å²) in [6, 6.07) is 17.7. The molecule has 26 heavy (non-hydrogen) atoms. The van der Waals surface area contributed by atoms with Crippen LogP contribution in [-0.2, 0) is 6.42 Å². The molecule has 0 aliphatic heterocycles. The van der Waals surface area contributed by atoms with Crippen LogP contribution in [0.15, 0.2) is 60.8 Å². The van der Waals surface area contributed by atoms with Crippen LogP contribution in [0.4, 0.5) is 11.6 Å². The number of amides is 1. The van der Waals surface area contributed by atoms with Gasteiger partial charge >= 0.3 is 0 Å². The highest BCUT2D eigenvalue weighted by atomic mass is 16.1. The lowest BCUT2D eigenvalue weighted by atomic mass is 10.1. The highest BCUT2D eigenvalue weighted by molar-refractivity contribution is 6.03. The summed E-state index contributed by atoms with van der Waals surface area (Å²) in [5.41, 5.74) is 4.45. The minimum atomic E-state index is -0.240. The van der Waals surface area contributed by atoms with Crippen molar-refractivity contribution in [1.29, 1.82) is 0 Å². The molecule has 1 heterocycles. The van der Waals surface area contributed by atoms with Gasteiger partial charge in [-0.15, -0.1) is 0 Å². The molecule has 0 aliphatic carbocycles. The summed E-state index contributed by atoms with van der Waals surface area (Å²) in [6.45, 7) is 4.64. The van der Waals surface area contributed by atoms with E-state index >= 15 is 0 Å². The van der Waals surface area contributed by atoms with Crippen LogP contribution in [0.25, 0.3) is 0 Å². The van der Waals surface area contributed by atoms with Gasteiger partial charge in [-0.05, 0) is 43.0 Å². The fraction of sp³-hybridized carbons (Fsp3) is 0.190. The molecule has 0 bridgehead atoms. The Hall–Kier alpha value is -3.21. The monoisotopic (exact) mass is 346 g/mol. The van der Waals surface area contributed by atoms with Crippen LogP contribution in [0, 0.1) is 13.8 Å². The van der Waals surface area contributed by atoms with Gasteiger partial charge in [-0.3, -0.25) is 4.79 Å². The highest BCUT2D eigenvalue weighted by Crippen LogP contribution is 2.20. The van der Waals surface area contributed by atoms with Gasteiger partial charge < -0.3 is 10.6 Å². The molecule has 0 saturated carbocycles. The van der Waals surface area contributed by atoms with E-state index in [2.05, 4.69) is 32.7 Å². The van der Waals surface area contributed by atoms with E-state index in [1.54, 1.807) is 12.3 Å². The molecule has 2 N–H and O–H groups in total. The lowest BCUT2D eigenvalue weighted by molar-refractivity contribution is 0.102. The Balaban J connectivity index is 1.64. The Morgan fingerprint density at radius 2 is 1.69 bits per heavy atom. The van der Waals surface area contributed by atoms with Gasteiger partial charge in [0.05, 0.1) is 0 Å². The van der Waals surface area contributed by atoms with Crippen molar-refractivity contribution in [3.8, 4) is 0 Å². The van der Waals surface area contributed by atoms with Crippen molar-refractivity contribution < 1.29 is 4.79 Å². The zero-order valence-electron chi connectivity index (χ0n) is 15.0. The maximum atomic E-state index is 12.5. The van der Waals surface area contributed by atoms with Crippen molar-refractivity contribution in [2.45, 2.75) is 20.3 Å². The van der Waals surface area contributed by atoms with Gasteiger partial charge in [0.2, 0.25) is 5.95 Å². The zero-order valence-corrected chi connectivity index (χ0v) is 15.0. The van der Waals surface area contributed by atoms with Crippen molar-refractivity contribution >= 4 is 17.5 Å². The van der Waals surface area contributed by atoms with Crippen molar-refractivity contribution in [3.63, 3.8) is 0 Å². The zero-order chi connectivity index (χ0) is 18.4. The molecule has 0 unspecified atom stereocenters. The molecule has 5 heteroatoms. The third-order valence-electron chi connectivity index (χ3n) is 4.15. The maximum absolute atomic E-state index is 12.5. The number of aryl methyl sites for hydroxylation is 2. The summed E-state index contributed by atoms with van der Waals surface area (Å²) in [5.74, 6) is 0.214. The number of anilines is 2. The molecular weight excluding hydrogens is 324 g/mol. The quantitative estimate of drug-likeness (QED) is 0.708. The highest BCUT2D eigenvalue weighted by Gasteiger charge is 2.12. The van der Waals surface area contributed by atoms with Crippen LogP contribution >= 0.6 is 0 Å². The van der Waals surface area contributed by atoms with E-state index < -0.39 is 0 Å². The summed E-state index contributed by atoms with van der Waals surface area (Å²) in [6.07, 6.45) is 2.46. The van der Waals surface area contributed by atoms with Gasteiger partial charge in [0.25, 0.3) is 5.91 Å². The molecule has 1 aromatic heterocycles. The molecular formula is C21H22N4O. The van der Waals surface area contributed by atoms with Gasteiger partial charge in [0.15, 0.2) is 0 Å². The second kappa shape index (κ2) is 8.25. The molecule has 0 radical (unpaired) electrons. The van der Waals surface area contributed by atoms with Crippen molar-refractivity contribution in [3.05, 3.63) is 83.2 Å². The van der Waals surface area contributed by atoms with Gasteiger partial charge in [-0.1, -0.05) is 48.5 Å². The molecule has 5 nitrogen and oxygen atoms in total. The van der Waals surface area contributed by atoms with Gasteiger partial charge in [-0.2, -0.15) is 0 Å². The first kappa shape index (κ1) is 17.6. The van der Waals surface area contributed by atoms with Crippen LogP contribution < -0.4 is 10.6 Å². The number of carbonyl (C=O) groups is 1. The second-order valence-electron chi connectivity index (χ2n) is 6.15. The molecule has 0 atom stereocenters. The number of hydrogen-bond donors (Lipinski definition) is 2. The van der Waals surface area contributed by atoms with Crippen molar-refractivity contribution in [1.82, 2.24) is 9.97 Å². The molecule has 0 fully saturated rings. The van der Waals surface area contributed by atoms with Gasteiger partial charge in [0.1, 0.15) is 5.69 Å². The molecule has 2 aromatic carbocycles. The predicted octanol–water partition coefficient (Wildman–Crippen LogP) is 4.00. The number of para-hydroxylation sites is 1. The molecule has 3 rings (SSSR count). The predicted molar refractivity (Wildman–Crippen MR) is 105 cm³/mol. The van der Waals surface area contributed by atoms with Crippen LogP contribution in [-0.4, -0.2) is 22.4 Å². The van der Waals surface area contributed by atoms with Crippen LogP contribution in [0.3, 0.4) is 0 Å². The molecule has 132 valence electrons. The molecule has 1 amide bonds. The lowest BCUT2D eigenvalue weighted by Crippen LogP contribution is -2.17. The van der Waals surface area contributed by atoms with Crippen LogP contribution in [0.2, 0.25) is 0 Å². The maximum Gasteiger partial charge on any atom is 0.274 e. The Morgan fingerprint density at radius 1 is 0.962 bits per heavy atom. The van der Waals surface area contributed by atoms with Crippen molar-refractivity contribution in [2.75, 3.05) is 17.2 Å². The van der Waals surface area contributed by atoms with Crippen LogP contribution in [0.5, 0.6) is 0 Å². The summed E-state index contributed by atoms with van der Waals surface area (Å²) >= 11 is 0. The third-order valence-corrected chi connectivity index (χ3v) is 4.15. The van der Waals surface area contributed by atoms with E-state index in [0.29, 0.717) is 18.2 Å². The van der Waals surface area contributed by atoms with E-state index in [1.165, 1.54) is 5.56 Å². The SMILES string of the molecule is Cc1cccc(C)c1NC(=O)c1ccnc(NCCc2ccccc2)n1. The van der Waals surface area contributed by atoms with E-state index in [1.807, 2.05) is 50.2 Å². The van der Waals surface area contributed by atoms with Crippen molar-refractivity contribution in [2.24, 2.45) is 0 Å². The van der Waals surface area contributed by atoms with Gasteiger partial charge in [-0.25, -0.2) is 9.97 Å². The van der Waals surface area contributed by atoms with E-state index in [0.717, 1.165) is 23.2 Å². The smallest absolute Gasteiger partial charge is 0.274 e. The number of benzene rings is 2. The molecule has 0 saturated heterocycles. The number of nitrogens with zero attached hydrogens (tertiary/aromatic N) is 2. The largest absolute Gasteiger partial charge is 0.354 e. The van der Waals surface area contributed by atoms with E-state index in [9.17, 15) is 4.79 Å². The minimum absolute atomic E-state index is 0.240. The Kier molecular flexibility index (Phi) is 5.59. The topological polar surface area (TPSA) is 66.9 Å². The molecule has 0 spiro atoms. The summed E-state index contributed by atoms with van der Waals surface area (Å²) in [7, 11) is 0. The third kappa shape index (κ3) is 4.45. The normalized spacial score (nSPS) is 10.4. The summed E-state index contributed by atoms with van der Waals surface area (Å²) < 4.78 is 0. The molecule has 3 aromatic rings. The van der Waals surface area contributed by atoms with Gasteiger partial charge in [0, 0.05) is 18.4 Å². The first-order valence-corrected chi connectivity index (χ1v) is 8.62. The first-order valence-electron chi connectivity index (χ1n) is 8.62. The Labute approximate surface area is 153 Å².